The maximum Gasteiger partial charge on any atom is 0.253 e. The number of hydrogen-bond acceptors (Lipinski definition) is 6. The van der Waals surface area contributed by atoms with Crippen LogP contribution in [0.4, 0.5) is 0 Å². The van der Waals surface area contributed by atoms with Crippen molar-refractivity contribution in [2.75, 3.05) is 46.0 Å². The summed E-state index contributed by atoms with van der Waals surface area (Å²) >= 11 is 0. The largest absolute Gasteiger partial charge is 0.493 e. The number of nitrogens with zero attached hydrogens (tertiary/aromatic N) is 2. The summed E-state index contributed by atoms with van der Waals surface area (Å²) in [5.41, 5.74) is 0.576. The average Bonchev–Trinajstić information content (AvgIpc) is 3.67. The summed E-state index contributed by atoms with van der Waals surface area (Å²) in [6, 6.07) is 11.8. The second kappa shape index (κ2) is 8.63. The van der Waals surface area contributed by atoms with Gasteiger partial charge in [0.15, 0.2) is 11.5 Å². The molecular weight excluding hydrogens is 432 g/mol. The van der Waals surface area contributed by atoms with E-state index in [2.05, 4.69) is 0 Å². The summed E-state index contributed by atoms with van der Waals surface area (Å²) in [5, 5.41) is 0. The van der Waals surface area contributed by atoms with Gasteiger partial charge in [-0.1, -0.05) is 0 Å². The number of benzene rings is 2. The predicted octanol–water partition coefficient (Wildman–Crippen LogP) is 2.39. The van der Waals surface area contributed by atoms with Crippen LogP contribution in [-0.2, 0) is 10.0 Å². The Labute approximate surface area is 187 Å². The van der Waals surface area contributed by atoms with Gasteiger partial charge in [-0.05, 0) is 55.2 Å². The van der Waals surface area contributed by atoms with Crippen molar-refractivity contribution in [3.8, 4) is 17.2 Å². The Kier molecular flexibility index (Phi) is 5.69. The van der Waals surface area contributed by atoms with Gasteiger partial charge in [0, 0.05) is 37.8 Å². The SMILES string of the molecule is O=C(c1ccc(OCC2CC2)cc1)N1CCN(S(=O)(=O)c2ccc3c(c2)OCCO3)CC1. The molecule has 0 radical (unpaired) electrons. The standard InChI is InChI=1S/C23H26N2O6S/c26-23(18-3-5-19(6-4-18)31-16-17-1-2-17)24-9-11-25(12-10-24)32(27,28)20-7-8-21-22(15-20)30-14-13-29-21/h3-8,15,17H,1-2,9-14,16H2. The molecule has 32 heavy (non-hydrogen) atoms. The number of carbonyl (C=O) groups excluding carboxylic acids is 1. The first-order valence-corrected chi connectivity index (χ1v) is 12.4. The Morgan fingerprint density at radius 2 is 1.62 bits per heavy atom. The molecule has 0 atom stereocenters. The minimum absolute atomic E-state index is 0.102. The molecule has 9 heteroatoms. The highest BCUT2D eigenvalue weighted by molar-refractivity contribution is 7.89. The van der Waals surface area contributed by atoms with Crippen molar-refractivity contribution in [2.24, 2.45) is 5.92 Å². The van der Waals surface area contributed by atoms with Crippen LogP contribution in [0, 0.1) is 5.92 Å². The number of fused-ring (bicyclic) bond motifs is 1. The second-order valence-corrected chi connectivity index (χ2v) is 10.2. The van der Waals surface area contributed by atoms with E-state index >= 15 is 0 Å². The van der Waals surface area contributed by atoms with Gasteiger partial charge in [0.25, 0.3) is 5.91 Å². The third-order valence-corrected chi connectivity index (χ3v) is 7.86. The second-order valence-electron chi connectivity index (χ2n) is 8.28. The smallest absolute Gasteiger partial charge is 0.253 e. The molecule has 2 heterocycles. The highest BCUT2D eigenvalue weighted by Gasteiger charge is 2.31. The minimum atomic E-state index is -3.68. The van der Waals surface area contributed by atoms with E-state index < -0.39 is 10.0 Å². The third kappa shape index (κ3) is 4.40. The van der Waals surface area contributed by atoms with Gasteiger partial charge in [-0.15, -0.1) is 0 Å². The molecule has 5 rings (SSSR count). The van der Waals surface area contributed by atoms with Crippen LogP contribution in [0.1, 0.15) is 23.2 Å². The maximum atomic E-state index is 13.1. The van der Waals surface area contributed by atoms with E-state index in [0.717, 1.165) is 12.4 Å². The van der Waals surface area contributed by atoms with Crippen molar-refractivity contribution in [3.63, 3.8) is 0 Å². The fourth-order valence-electron chi connectivity index (χ4n) is 3.84. The van der Waals surface area contributed by atoms with Crippen molar-refractivity contribution in [3.05, 3.63) is 48.0 Å². The molecule has 2 aromatic rings. The summed E-state index contributed by atoms with van der Waals surface area (Å²) < 4.78 is 44.3. The van der Waals surface area contributed by atoms with Gasteiger partial charge >= 0.3 is 0 Å². The Morgan fingerprint density at radius 3 is 2.31 bits per heavy atom. The molecule has 2 aliphatic heterocycles. The highest BCUT2D eigenvalue weighted by Crippen LogP contribution is 2.33. The number of sulfonamides is 1. The summed E-state index contributed by atoms with van der Waals surface area (Å²) in [4.78, 5) is 14.7. The zero-order valence-corrected chi connectivity index (χ0v) is 18.6. The molecule has 3 aliphatic rings. The van der Waals surface area contributed by atoms with E-state index in [1.165, 1.54) is 29.3 Å². The highest BCUT2D eigenvalue weighted by atomic mass is 32.2. The lowest BCUT2D eigenvalue weighted by molar-refractivity contribution is 0.0698. The number of carbonyl (C=O) groups is 1. The van der Waals surface area contributed by atoms with Crippen LogP contribution in [0.25, 0.3) is 0 Å². The maximum absolute atomic E-state index is 13.1. The van der Waals surface area contributed by atoms with Crippen molar-refractivity contribution in [1.82, 2.24) is 9.21 Å². The van der Waals surface area contributed by atoms with E-state index in [-0.39, 0.29) is 23.9 Å². The fourth-order valence-corrected chi connectivity index (χ4v) is 5.28. The van der Waals surface area contributed by atoms with Crippen LogP contribution < -0.4 is 14.2 Å². The lowest BCUT2D eigenvalue weighted by Gasteiger charge is -2.34. The van der Waals surface area contributed by atoms with Gasteiger partial charge in [0.1, 0.15) is 19.0 Å². The van der Waals surface area contributed by atoms with Crippen LogP contribution in [-0.4, -0.2) is 69.5 Å². The number of hydrogen-bond donors (Lipinski definition) is 0. The van der Waals surface area contributed by atoms with E-state index in [1.54, 1.807) is 23.1 Å². The zero-order valence-electron chi connectivity index (χ0n) is 17.7. The molecule has 170 valence electrons. The van der Waals surface area contributed by atoms with Crippen molar-refractivity contribution >= 4 is 15.9 Å². The van der Waals surface area contributed by atoms with E-state index in [0.29, 0.717) is 49.3 Å². The van der Waals surface area contributed by atoms with E-state index in [1.807, 2.05) is 12.1 Å². The monoisotopic (exact) mass is 458 g/mol. The minimum Gasteiger partial charge on any atom is -0.493 e. The Balaban J connectivity index is 1.20. The number of amides is 1. The molecule has 1 saturated carbocycles. The number of rotatable bonds is 6. The quantitative estimate of drug-likeness (QED) is 0.661. The molecule has 1 amide bonds. The van der Waals surface area contributed by atoms with Gasteiger partial charge in [-0.25, -0.2) is 8.42 Å². The van der Waals surface area contributed by atoms with Gasteiger partial charge in [-0.3, -0.25) is 4.79 Å². The lowest BCUT2D eigenvalue weighted by atomic mass is 10.2. The molecule has 1 aliphatic carbocycles. The molecule has 2 aromatic carbocycles. The average molecular weight is 459 g/mol. The van der Waals surface area contributed by atoms with Crippen molar-refractivity contribution in [2.45, 2.75) is 17.7 Å². The van der Waals surface area contributed by atoms with Crippen LogP contribution in [0.2, 0.25) is 0 Å². The third-order valence-electron chi connectivity index (χ3n) is 5.96. The molecule has 8 nitrogen and oxygen atoms in total. The van der Waals surface area contributed by atoms with Gasteiger partial charge in [0.05, 0.1) is 11.5 Å². The summed E-state index contributed by atoms with van der Waals surface area (Å²) in [6.07, 6.45) is 2.46. The van der Waals surface area contributed by atoms with Gasteiger partial charge in [0.2, 0.25) is 10.0 Å². The number of ether oxygens (including phenoxy) is 3. The molecule has 0 unspecified atom stereocenters. The molecular formula is C23H26N2O6S. The molecule has 0 aromatic heterocycles. The summed E-state index contributed by atoms with van der Waals surface area (Å²) in [6.45, 7) is 2.73. The Bertz CT molecular complexity index is 1090. The molecule has 1 saturated heterocycles. The first kappa shape index (κ1) is 21.1. The van der Waals surface area contributed by atoms with Crippen LogP contribution >= 0.6 is 0 Å². The lowest BCUT2D eigenvalue weighted by Crippen LogP contribution is -2.50. The van der Waals surface area contributed by atoms with E-state index in [4.69, 9.17) is 14.2 Å². The summed E-state index contributed by atoms with van der Waals surface area (Å²) in [7, 11) is -3.68. The van der Waals surface area contributed by atoms with Gasteiger partial charge < -0.3 is 19.1 Å². The Morgan fingerprint density at radius 1 is 0.938 bits per heavy atom. The van der Waals surface area contributed by atoms with Gasteiger partial charge in [-0.2, -0.15) is 4.31 Å². The van der Waals surface area contributed by atoms with Crippen LogP contribution in [0.15, 0.2) is 47.4 Å². The van der Waals surface area contributed by atoms with Crippen LogP contribution in [0.5, 0.6) is 17.2 Å². The zero-order chi connectivity index (χ0) is 22.1. The topological polar surface area (TPSA) is 85.4 Å². The molecule has 2 fully saturated rings. The number of piperazine rings is 1. The first-order chi connectivity index (χ1) is 15.5. The fraction of sp³-hybridized carbons (Fsp3) is 0.435. The van der Waals surface area contributed by atoms with Crippen molar-refractivity contribution in [1.29, 1.82) is 0 Å². The molecule has 0 bridgehead atoms. The molecule has 0 spiro atoms. The first-order valence-electron chi connectivity index (χ1n) is 10.9. The van der Waals surface area contributed by atoms with Crippen LogP contribution in [0.3, 0.4) is 0 Å². The summed E-state index contributed by atoms with van der Waals surface area (Å²) in [5.74, 6) is 2.33. The normalized spacial score (nSPS) is 18.9. The molecule has 0 N–H and O–H groups in total. The Hall–Kier alpha value is -2.78. The van der Waals surface area contributed by atoms with E-state index in [9.17, 15) is 13.2 Å². The van der Waals surface area contributed by atoms with Crippen molar-refractivity contribution < 1.29 is 27.4 Å². The predicted molar refractivity (Wildman–Crippen MR) is 117 cm³/mol.